The minimum absolute atomic E-state index is 0.196. The molecule has 0 saturated carbocycles. The van der Waals surface area contributed by atoms with Crippen LogP contribution in [0.4, 0.5) is 0 Å². The van der Waals surface area contributed by atoms with E-state index in [4.69, 9.17) is 14.4 Å². The third kappa shape index (κ3) is 4.62. The van der Waals surface area contributed by atoms with Crippen molar-refractivity contribution >= 4 is 11.9 Å². The molecule has 0 aliphatic heterocycles. The number of rotatable bonds is 7. The molecule has 0 fully saturated rings. The average Bonchev–Trinajstić information content (AvgIpc) is 2.89. The second-order valence-corrected chi connectivity index (χ2v) is 6.33. The van der Waals surface area contributed by atoms with Crippen LogP contribution < -0.4 is 10.1 Å². The lowest BCUT2D eigenvalue weighted by molar-refractivity contribution is -0.139. The maximum Gasteiger partial charge on any atom is 0.341 e. The van der Waals surface area contributed by atoms with Gasteiger partial charge >= 0.3 is 5.97 Å². The standard InChI is InChI=1S/C19H22N2O5/c22-17(23)12-25-14-8-6-13(7-9-14)10-11-20-19(24)18-15-4-2-1-3-5-16(15)26-21-18/h6-9H,1-5,10-12H2,(H,20,24)(H,22,23). The molecule has 0 radical (unpaired) electrons. The van der Waals surface area contributed by atoms with Gasteiger partial charge in [0.15, 0.2) is 12.3 Å². The highest BCUT2D eigenvalue weighted by Gasteiger charge is 2.22. The maximum absolute atomic E-state index is 12.4. The molecule has 0 spiro atoms. The zero-order chi connectivity index (χ0) is 18.4. The number of fused-ring (bicyclic) bond motifs is 1. The molecule has 0 unspecified atom stereocenters. The molecule has 7 nitrogen and oxygen atoms in total. The summed E-state index contributed by atoms with van der Waals surface area (Å²) in [6, 6.07) is 7.14. The van der Waals surface area contributed by atoms with Crippen LogP contribution in [-0.2, 0) is 24.1 Å². The summed E-state index contributed by atoms with van der Waals surface area (Å²) in [5.74, 6) is 0.149. The van der Waals surface area contributed by atoms with E-state index >= 15 is 0 Å². The number of nitrogens with one attached hydrogen (secondary N) is 1. The molecule has 1 aliphatic carbocycles. The summed E-state index contributed by atoms with van der Waals surface area (Å²) in [5, 5.41) is 15.4. The van der Waals surface area contributed by atoms with Crippen LogP contribution in [0.3, 0.4) is 0 Å². The van der Waals surface area contributed by atoms with Crippen molar-refractivity contribution in [2.45, 2.75) is 38.5 Å². The number of aromatic nitrogens is 1. The molecule has 1 amide bonds. The smallest absolute Gasteiger partial charge is 0.341 e. The largest absolute Gasteiger partial charge is 0.482 e. The molecular weight excluding hydrogens is 336 g/mol. The topological polar surface area (TPSA) is 102 Å². The van der Waals surface area contributed by atoms with Crippen molar-refractivity contribution in [3.05, 3.63) is 46.8 Å². The lowest BCUT2D eigenvalue weighted by atomic mass is 10.1. The number of aliphatic carboxylic acids is 1. The van der Waals surface area contributed by atoms with Gasteiger partial charge in [0.1, 0.15) is 11.5 Å². The van der Waals surface area contributed by atoms with Crippen LogP contribution in [0.25, 0.3) is 0 Å². The Balaban J connectivity index is 1.49. The molecule has 1 heterocycles. The number of aryl methyl sites for hydroxylation is 1. The van der Waals surface area contributed by atoms with Crippen LogP contribution in [-0.4, -0.2) is 35.3 Å². The van der Waals surface area contributed by atoms with Crippen LogP contribution in [0, 0.1) is 0 Å². The minimum Gasteiger partial charge on any atom is -0.482 e. The monoisotopic (exact) mass is 358 g/mol. The highest BCUT2D eigenvalue weighted by molar-refractivity contribution is 5.93. The van der Waals surface area contributed by atoms with E-state index in [0.29, 0.717) is 24.4 Å². The van der Waals surface area contributed by atoms with E-state index in [2.05, 4.69) is 10.5 Å². The van der Waals surface area contributed by atoms with Crippen molar-refractivity contribution in [2.75, 3.05) is 13.2 Å². The van der Waals surface area contributed by atoms with Gasteiger partial charge in [-0.3, -0.25) is 4.79 Å². The predicted molar refractivity (Wildman–Crippen MR) is 93.4 cm³/mol. The van der Waals surface area contributed by atoms with Crippen LogP contribution in [0.2, 0.25) is 0 Å². The molecule has 1 aromatic carbocycles. The number of amides is 1. The first-order chi connectivity index (χ1) is 12.6. The fraction of sp³-hybridized carbons (Fsp3) is 0.421. The Morgan fingerprint density at radius 3 is 2.69 bits per heavy atom. The second kappa shape index (κ2) is 8.51. The van der Waals surface area contributed by atoms with E-state index in [1.165, 1.54) is 0 Å². The van der Waals surface area contributed by atoms with E-state index < -0.39 is 5.97 Å². The van der Waals surface area contributed by atoms with Crippen LogP contribution in [0.15, 0.2) is 28.8 Å². The molecule has 3 rings (SSSR count). The first kappa shape index (κ1) is 18.0. The number of ether oxygens (including phenoxy) is 1. The summed E-state index contributed by atoms with van der Waals surface area (Å²) in [5.41, 5.74) is 2.39. The summed E-state index contributed by atoms with van der Waals surface area (Å²) in [6.07, 6.45) is 5.65. The lowest BCUT2D eigenvalue weighted by Gasteiger charge is -2.06. The molecule has 2 aromatic rings. The number of benzene rings is 1. The summed E-state index contributed by atoms with van der Waals surface area (Å²) in [6.45, 7) is 0.118. The van der Waals surface area contributed by atoms with Crippen molar-refractivity contribution in [3.8, 4) is 5.75 Å². The Labute approximate surface area is 151 Å². The highest BCUT2D eigenvalue weighted by Crippen LogP contribution is 2.23. The number of carbonyl (C=O) groups is 2. The van der Waals surface area contributed by atoms with Crippen LogP contribution in [0.5, 0.6) is 5.75 Å². The van der Waals surface area contributed by atoms with E-state index in [0.717, 1.165) is 49.0 Å². The van der Waals surface area contributed by atoms with Gasteiger partial charge in [-0.1, -0.05) is 23.7 Å². The van der Waals surface area contributed by atoms with Crippen molar-refractivity contribution in [1.29, 1.82) is 0 Å². The number of carboxylic acids is 1. The van der Waals surface area contributed by atoms with Crippen LogP contribution >= 0.6 is 0 Å². The number of hydrogen-bond donors (Lipinski definition) is 2. The Hall–Kier alpha value is -2.83. The summed E-state index contributed by atoms with van der Waals surface area (Å²) in [4.78, 5) is 22.8. The number of hydrogen-bond acceptors (Lipinski definition) is 5. The van der Waals surface area contributed by atoms with Crippen molar-refractivity contribution in [1.82, 2.24) is 10.5 Å². The van der Waals surface area contributed by atoms with Gasteiger partial charge in [-0.25, -0.2) is 4.79 Å². The molecule has 1 aliphatic rings. The van der Waals surface area contributed by atoms with Gasteiger partial charge in [0.2, 0.25) is 0 Å². The Bertz CT molecular complexity index is 767. The summed E-state index contributed by atoms with van der Waals surface area (Å²) < 4.78 is 10.4. The molecule has 0 bridgehead atoms. The highest BCUT2D eigenvalue weighted by atomic mass is 16.5. The third-order valence-corrected chi connectivity index (χ3v) is 4.40. The van der Waals surface area contributed by atoms with E-state index in [1.807, 2.05) is 12.1 Å². The minimum atomic E-state index is -1.01. The van der Waals surface area contributed by atoms with Crippen molar-refractivity contribution in [2.24, 2.45) is 0 Å². The quantitative estimate of drug-likeness (QED) is 0.737. The second-order valence-electron chi connectivity index (χ2n) is 6.33. The average molecular weight is 358 g/mol. The van der Waals surface area contributed by atoms with Gasteiger partial charge in [0, 0.05) is 18.5 Å². The van der Waals surface area contributed by atoms with Gasteiger partial charge in [0.25, 0.3) is 5.91 Å². The number of carboxylic acid groups (broad SMARTS) is 1. The molecule has 2 N–H and O–H groups in total. The SMILES string of the molecule is O=C(O)COc1ccc(CCNC(=O)c2noc3c2CCCCC3)cc1. The van der Waals surface area contributed by atoms with Gasteiger partial charge < -0.3 is 19.7 Å². The van der Waals surface area contributed by atoms with Gasteiger partial charge in [0.05, 0.1) is 0 Å². The fourth-order valence-electron chi connectivity index (χ4n) is 3.04. The van der Waals surface area contributed by atoms with E-state index in [9.17, 15) is 9.59 Å². The van der Waals surface area contributed by atoms with E-state index in [1.54, 1.807) is 12.1 Å². The summed E-state index contributed by atoms with van der Waals surface area (Å²) in [7, 11) is 0. The number of nitrogens with zero attached hydrogens (tertiary/aromatic N) is 1. The molecule has 138 valence electrons. The van der Waals surface area contributed by atoms with E-state index in [-0.39, 0.29) is 12.5 Å². The normalized spacial score (nSPS) is 13.5. The Morgan fingerprint density at radius 2 is 1.92 bits per heavy atom. The predicted octanol–water partition coefficient (Wildman–Crippen LogP) is 2.38. The molecule has 1 aromatic heterocycles. The first-order valence-electron chi connectivity index (χ1n) is 8.82. The Kier molecular flexibility index (Phi) is 5.88. The molecule has 7 heteroatoms. The molecule has 0 saturated heterocycles. The molecule has 0 atom stereocenters. The van der Waals surface area contributed by atoms with Gasteiger partial charge in [-0.15, -0.1) is 0 Å². The molecule has 26 heavy (non-hydrogen) atoms. The van der Waals surface area contributed by atoms with Crippen molar-refractivity contribution in [3.63, 3.8) is 0 Å². The first-order valence-corrected chi connectivity index (χ1v) is 8.82. The summed E-state index contributed by atoms with van der Waals surface area (Å²) >= 11 is 0. The van der Waals surface area contributed by atoms with Crippen LogP contribution in [0.1, 0.15) is 46.6 Å². The zero-order valence-corrected chi connectivity index (χ0v) is 14.5. The van der Waals surface area contributed by atoms with Gasteiger partial charge in [-0.2, -0.15) is 0 Å². The fourth-order valence-corrected chi connectivity index (χ4v) is 3.04. The molecular formula is C19H22N2O5. The Morgan fingerprint density at radius 1 is 1.15 bits per heavy atom. The third-order valence-electron chi connectivity index (χ3n) is 4.40. The number of carbonyl (C=O) groups excluding carboxylic acids is 1. The lowest BCUT2D eigenvalue weighted by Crippen LogP contribution is -2.27. The maximum atomic E-state index is 12.4. The van der Waals surface area contributed by atoms with Crippen molar-refractivity contribution < 1.29 is 24.0 Å². The van der Waals surface area contributed by atoms with Gasteiger partial charge in [-0.05, 0) is 43.4 Å². The zero-order valence-electron chi connectivity index (χ0n) is 14.5.